The molecular formula is C25H25N. The minimum atomic E-state index is 0.368. The highest BCUT2D eigenvalue weighted by molar-refractivity contribution is 5.83. The van der Waals surface area contributed by atoms with Crippen LogP contribution in [0.4, 0.5) is 5.69 Å². The summed E-state index contributed by atoms with van der Waals surface area (Å²) >= 11 is 0. The largest absolute Gasteiger partial charge is 0.377 e. The van der Waals surface area contributed by atoms with Crippen molar-refractivity contribution < 1.29 is 0 Å². The average Bonchev–Trinajstić information content (AvgIpc) is 3.16. The second kappa shape index (κ2) is 6.02. The molecule has 0 amide bonds. The molecule has 5 rings (SSSR count). The van der Waals surface area contributed by atoms with Crippen LogP contribution in [-0.4, -0.2) is 0 Å². The second-order valence-electron chi connectivity index (χ2n) is 8.05. The van der Waals surface area contributed by atoms with Crippen LogP contribution in [-0.2, 0) is 0 Å². The van der Waals surface area contributed by atoms with Gasteiger partial charge in [-0.1, -0.05) is 80.6 Å². The zero-order valence-corrected chi connectivity index (χ0v) is 15.4. The van der Waals surface area contributed by atoms with Crippen molar-refractivity contribution in [1.29, 1.82) is 0 Å². The molecule has 1 heteroatoms. The van der Waals surface area contributed by atoms with Gasteiger partial charge in [-0.25, -0.2) is 0 Å². The van der Waals surface area contributed by atoms with Gasteiger partial charge in [-0.05, 0) is 51.8 Å². The monoisotopic (exact) mass is 339 g/mol. The molecule has 3 aromatic carbocycles. The van der Waals surface area contributed by atoms with Crippen molar-refractivity contribution in [3.8, 4) is 0 Å². The van der Waals surface area contributed by atoms with Gasteiger partial charge in [-0.15, -0.1) is 0 Å². The first kappa shape index (κ1) is 15.7. The number of hydrogen-bond donors (Lipinski definition) is 1. The lowest BCUT2D eigenvalue weighted by molar-refractivity contribution is 0.425. The predicted octanol–water partition coefficient (Wildman–Crippen LogP) is 6.79. The first-order chi connectivity index (χ1) is 12.7. The van der Waals surface area contributed by atoms with Gasteiger partial charge in [-0.3, -0.25) is 0 Å². The van der Waals surface area contributed by atoms with Crippen LogP contribution in [0.15, 0.2) is 72.8 Å². The van der Waals surface area contributed by atoms with Crippen molar-refractivity contribution in [2.75, 3.05) is 5.32 Å². The smallest absolute Gasteiger partial charge is 0.0554 e. The summed E-state index contributed by atoms with van der Waals surface area (Å²) in [6.45, 7) is 4.58. The third kappa shape index (κ3) is 2.38. The fraction of sp³-hybridized carbons (Fsp3) is 0.280. The Bertz CT molecular complexity index is 998. The maximum absolute atomic E-state index is 3.96. The predicted molar refractivity (Wildman–Crippen MR) is 111 cm³/mol. The van der Waals surface area contributed by atoms with E-state index in [4.69, 9.17) is 0 Å². The molecule has 0 fully saturated rings. The highest BCUT2D eigenvalue weighted by Crippen LogP contribution is 2.51. The molecule has 26 heavy (non-hydrogen) atoms. The Kier molecular flexibility index (Phi) is 3.63. The summed E-state index contributed by atoms with van der Waals surface area (Å²) in [5.74, 6) is 1.66. The van der Waals surface area contributed by atoms with Crippen LogP contribution in [0.1, 0.15) is 54.8 Å². The van der Waals surface area contributed by atoms with E-state index in [0.29, 0.717) is 23.8 Å². The van der Waals surface area contributed by atoms with Crippen molar-refractivity contribution in [3.63, 3.8) is 0 Å². The molecule has 1 nitrogen and oxygen atoms in total. The highest BCUT2D eigenvalue weighted by Gasteiger charge is 2.38. The molecular weight excluding hydrogens is 314 g/mol. The lowest BCUT2D eigenvalue weighted by atomic mass is 9.75. The van der Waals surface area contributed by atoms with Crippen LogP contribution in [0, 0.1) is 5.92 Å². The molecule has 0 saturated heterocycles. The maximum Gasteiger partial charge on any atom is 0.0554 e. The number of nitrogens with one attached hydrogen (secondary N) is 1. The number of benzene rings is 3. The summed E-state index contributed by atoms with van der Waals surface area (Å²) < 4.78 is 0. The van der Waals surface area contributed by atoms with E-state index in [9.17, 15) is 0 Å². The maximum atomic E-state index is 3.96. The van der Waals surface area contributed by atoms with Gasteiger partial charge in [-0.2, -0.15) is 0 Å². The first-order valence-corrected chi connectivity index (χ1v) is 9.77. The standard InChI is InChI=1S/C25H25N/c1-16(2)20-9-5-12-23-21-10-6-11-22(21)24(26-25(20)23)19-14-13-17-7-3-4-8-18(17)15-19/h3-10,12-16,21-22,24,26H,11H2,1-2H3. The van der Waals surface area contributed by atoms with E-state index in [2.05, 4.69) is 92.0 Å². The van der Waals surface area contributed by atoms with Crippen LogP contribution >= 0.6 is 0 Å². The average molecular weight is 339 g/mol. The van der Waals surface area contributed by atoms with Crippen LogP contribution in [0.3, 0.4) is 0 Å². The lowest BCUT2D eigenvalue weighted by Gasteiger charge is -2.39. The summed E-state index contributed by atoms with van der Waals surface area (Å²) in [5, 5.41) is 6.61. The summed E-state index contributed by atoms with van der Waals surface area (Å²) in [6.07, 6.45) is 5.96. The van der Waals surface area contributed by atoms with E-state index in [1.54, 1.807) is 0 Å². The molecule has 1 N–H and O–H groups in total. The number of para-hydroxylation sites is 1. The molecule has 130 valence electrons. The fourth-order valence-electron chi connectivity index (χ4n) is 4.86. The van der Waals surface area contributed by atoms with Gasteiger partial charge in [0, 0.05) is 11.6 Å². The van der Waals surface area contributed by atoms with Crippen molar-refractivity contribution >= 4 is 16.5 Å². The Hall–Kier alpha value is -2.54. The normalized spacial score (nSPS) is 23.7. The molecule has 1 aliphatic carbocycles. The van der Waals surface area contributed by atoms with Crippen molar-refractivity contribution in [2.45, 2.75) is 38.1 Å². The Morgan fingerprint density at radius 2 is 1.77 bits per heavy atom. The van der Waals surface area contributed by atoms with Gasteiger partial charge in [0.2, 0.25) is 0 Å². The number of anilines is 1. The van der Waals surface area contributed by atoms with Crippen molar-refractivity contribution in [2.24, 2.45) is 5.92 Å². The number of hydrogen-bond acceptors (Lipinski definition) is 1. The third-order valence-corrected chi connectivity index (χ3v) is 6.18. The zero-order chi connectivity index (χ0) is 17.7. The van der Waals surface area contributed by atoms with Gasteiger partial charge in [0.1, 0.15) is 0 Å². The fourth-order valence-corrected chi connectivity index (χ4v) is 4.86. The van der Waals surface area contributed by atoms with Crippen LogP contribution < -0.4 is 5.32 Å². The molecule has 3 aromatic rings. The summed E-state index contributed by atoms with van der Waals surface area (Å²) in [5.41, 5.74) is 5.69. The van der Waals surface area contributed by atoms with Gasteiger partial charge in [0.15, 0.2) is 0 Å². The van der Waals surface area contributed by atoms with E-state index >= 15 is 0 Å². The van der Waals surface area contributed by atoms with Gasteiger partial charge in [0.25, 0.3) is 0 Å². The first-order valence-electron chi connectivity index (χ1n) is 9.77. The Morgan fingerprint density at radius 3 is 2.62 bits per heavy atom. The molecule has 2 aliphatic rings. The van der Waals surface area contributed by atoms with Crippen molar-refractivity contribution in [3.05, 3.63) is 89.5 Å². The molecule has 0 spiro atoms. The van der Waals surface area contributed by atoms with E-state index in [1.165, 1.54) is 33.2 Å². The third-order valence-electron chi connectivity index (χ3n) is 6.18. The van der Waals surface area contributed by atoms with E-state index < -0.39 is 0 Å². The van der Waals surface area contributed by atoms with E-state index in [0.717, 1.165) is 6.42 Å². The topological polar surface area (TPSA) is 12.0 Å². The Balaban J connectivity index is 1.64. The number of rotatable bonds is 2. The summed E-state index contributed by atoms with van der Waals surface area (Å²) in [7, 11) is 0. The second-order valence-corrected chi connectivity index (χ2v) is 8.05. The number of fused-ring (bicyclic) bond motifs is 4. The zero-order valence-electron chi connectivity index (χ0n) is 15.4. The molecule has 3 unspecified atom stereocenters. The summed E-state index contributed by atoms with van der Waals surface area (Å²) in [6, 6.07) is 22.8. The van der Waals surface area contributed by atoms with E-state index in [1.807, 2.05) is 0 Å². The SMILES string of the molecule is CC(C)c1cccc2c1NC(c1ccc3ccccc3c1)C1CC=CC21. The molecule has 3 atom stereocenters. The molecule has 0 bridgehead atoms. The van der Waals surface area contributed by atoms with Crippen LogP contribution in [0.5, 0.6) is 0 Å². The van der Waals surface area contributed by atoms with Crippen LogP contribution in [0.2, 0.25) is 0 Å². The lowest BCUT2D eigenvalue weighted by Crippen LogP contribution is -2.29. The Labute approximate surface area is 155 Å². The van der Waals surface area contributed by atoms with Crippen LogP contribution in [0.25, 0.3) is 10.8 Å². The Morgan fingerprint density at radius 1 is 0.923 bits per heavy atom. The van der Waals surface area contributed by atoms with Gasteiger partial charge in [0.05, 0.1) is 6.04 Å². The van der Waals surface area contributed by atoms with Crippen molar-refractivity contribution in [1.82, 2.24) is 0 Å². The molecule has 0 radical (unpaired) electrons. The molecule has 1 aliphatic heterocycles. The molecule has 0 aromatic heterocycles. The molecule has 1 heterocycles. The van der Waals surface area contributed by atoms with Gasteiger partial charge >= 0.3 is 0 Å². The minimum absolute atomic E-state index is 0.368. The number of allylic oxidation sites excluding steroid dienone is 2. The van der Waals surface area contributed by atoms with E-state index in [-0.39, 0.29) is 0 Å². The summed E-state index contributed by atoms with van der Waals surface area (Å²) in [4.78, 5) is 0. The minimum Gasteiger partial charge on any atom is -0.377 e. The molecule has 0 saturated carbocycles. The quantitative estimate of drug-likeness (QED) is 0.507. The highest BCUT2D eigenvalue weighted by atomic mass is 15.0. The van der Waals surface area contributed by atoms with Gasteiger partial charge < -0.3 is 5.32 Å².